The highest BCUT2D eigenvalue weighted by molar-refractivity contribution is 5.73. The SMILES string of the molecule is C=CCn1c(N)[n+](C[C@@H](O)COc2ccc(C)cc2)c2ccccc21. The number of allylic oxidation sites excluding steroid dienone is 1. The van der Waals surface area contributed by atoms with E-state index in [1.54, 1.807) is 0 Å². The number of nitrogens with two attached hydrogens (primary N) is 1. The summed E-state index contributed by atoms with van der Waals surface area (Å²) in [5, 5.41) is 10.4. The third kappa shape index (κ3) is 3.67. The molecule has 0 bridgehead atoms. The molecule has 0 unspecified atom stereocenters. The normalized spacial score (nSPS) is 12.2. The van der Waals surface area contributed by atoms with Crippen LogP contribution >= 0.6 is 0 Å². The van der Waals surface area contributed by atoms with Crippen LogP contribution in [0.3, 0.4) is 0 Å². The van der Waals surface area contributed by atoms with Gasteiger partial charge in [0.05, 0.1) is 6.54 Å². The van der Waals surface area contributed by atoms with Crippen LogP contribution in [0.1, 0.15) is 5.56 Å². The Morgan fingerprint density at radius 3 is 2.68 bits per heavy atom. The Morgan fingerprint density at radius 2 is 1.96 bits per heavy atom. The van der Waals surface area contributed by atoms with Gasteiger partial charge < -0.3 is 9.84 Å². The van der Waals surface area contributed by atoms with E-state index < -0.39 is 6.10 Å². The summed E-state index contributed by atoms with van der Waals surface area (Å²) < 4.78 is 9.57. The number of anilines is 1. The molecule has 3 rings (SSSR count). The molecule has 0 amide bonds. The fourth-order valence-corrected chi connectivity index (χ4v) is 2.92. The summed E-state index contributed by atoms with van der Waals surface area (Å²) in [4.78, 5) is 0. The van der Waals surface area contributed by atoms with Crippen LogP contribution in [-0.4, -0.2) is 22.4 Å². The van der Waals surface area contributed by atoms with Crippen LogP contribution in [0.5, 0.6) is 5.75 Å². The van der Waals surface area contributed by atoms with Gasteiger partial charge in [-0.1, -0.05) is 42.5 Å². The van der Waals surface area contributed by atoms with Crippen molar-refractivity contribution in [1.82, 2.24) is 4.57 Å². The van der Waals surface area contributed by atoms with Gasteiger partial charge in [-0.05, 0) is 31.2 Å². The lowest BCUT2D eigenvalue weighted by Gasteiger charge is -2.12. The van der Waals surface area contributed by atoms with E-state index >= 15 is 0 Å². The lowest BCUT2D eigenvalue weighted by Crippen LogP contribution is -2.43. The van der Waals surface area contributed by atoms with Crippen LogP contribution in [0.15, 0.2) is 61.2 Å². The van der Waals surface area contributed by atoms with E-state index in [9.17, 15) is 5.11 Å². The first-order chi connectivity index (χ1) is 12.1. The molecule has 3 aromatic rings. The van der Waals surface area contributed by atoms with Crippen molar-refractivity contribution in [2.24, 2.45) is 0 Å². The molecule has 0 aliphatic heterocycles. The molecule has 0 spiro atoms. The van der Waals surface area contributed by atoms with Crippen molar-refractivity contribution < 1.29 is 14.4 Å². The van der Waals surface area contributed by atoms with Gasteiger partial charge in [-0.2, -0.15) is 0 Å². The predicted molar refractivity (Wildman–Crippen MR) is 99.4 cm³/mol. The van der Waals surface area contributed by atoms with Crippen LogP contribution < -0.4 is 15.0 Å². The molecule has 25 heavy (non-hydrogen) atoms. The maximum atomic E-state index is 10.4. The predicted octanol–water partition coefficient (Wildman–Crippen LogP) is 2.45. The molecular formula is C20H24N3O2+. The first-order valence-corrected chi connectivity index (χ1v) is 8.35. The second kappa shape index (κ2) is 7.40. The number of imidazole rings is 1. The third-order valence-electron chi connectivity index (χ3n) is 4.18. The quantitative estimate of drug-likeness (QED) is 0.514. The molecule has 3 N–H and O–H groups in total. The van der Waals surface area contributed by atoms with Crippen molar-refractivity contribution >= 4 is 17.0 Å². The molecule has 5 heteroatoms. The van der Waals surface area contributed by atoms with E-state index in [1.807, 2.05) is 70.7 Å². The highest BCUT2D eigenvalue weighted by atomic mass is 16.5. The number of benzene rings is 2. The molecule has 0 radical (unpaired) electrons. The van der Waals surface area contributed by atoms with Crippen molar-refractivity contribution in [3.63, 3.8) is 0 Å². The summed E-state index contributed by atoms with van der Waals surface area (Å²) in [5.74, 6) is 1.34. The number of ether oxygens (including phenoxy) is 1. The summed E-state index contributed by atoms with van der Waals surface area (Å²) in [7, 11) is 0. The van der Waals surface area contributed by atoms with Crippen molar-refractivity contribution in [2.75, 3.05) is 12.3 Å². The fourth-order valence-electron chi connectivity index (χ4n) is 2.92. The second-order valence-corrected chi connectivity index (χ2v) is 6.13. The molecule has 5 nitrogen and oxygen atoms in total. The lowest BCUT2D eigenvalue weighted by molar-refractivity contribution is -0.665. The fraction of sp³-hybridized carbons (Fsp3) is 0.250. The second-order valence-electron chi connectivity index (χ2n) is 6.13. The molecular weight excluding hydrogens is 314 g/mol. The smallest absolute Gasteiger partial charge is 0.356 e. The minimum atomic E-state index is -0.670. The summed E-state index contributed by atoms with van der Waals surface area (Å²) >= 11 is 0. The molecule has 1 atom stereocenters. The minimum Gasteiger partial charge on any atom is -0.491 e. The summed E-state index contributed by atoms with van der Waals surface area (Å²) in [5.41, 5.74) is 9.48. The molecule has 2 aromatic carbocycles. The van der Waals surface area contributed by atoms with Crippen molar-refractivity contribution in [1.29, 1.82) is 0 Å². The van der Waals surface area contributed by atoms with E-state index in [0.717, 1.165) is 16.8 Å². The maximum absolute atomic E-state index is 10.4. The van der Waals surface area contributed by atoms with Crippen LogP contribution in [0.25, 0.3) is 11.0 Å². The summed E-state index contributed by atoms with van der Waals surface area (Å²) in [6.07, 6.45) is 1.14. The van der Waals surface area contributed by atoms with Crippen LogP contribution in [0.4, 0.5) is 5.95 Å². The van der Waals surface area contributed by atoms with Crippen molar-refractivity contribution in [2.45, 2.75) is 26.1 Å². The van der Waals surface area contributed by atoms with E-state index in [-0.39, 0.29) is 6.61 Å². The van der Waals surface area contributed by atoms with Crippen molar-refractivity contribution in [3.8, 4) is 5.75 Å². The molecule has 0 aliphatic rings. The Balaban J connectivity index is 1.76. The largest absolute Gasteiger partial charge is 0.491 e. The van der Waals surface area contributed by atoms with Gasteiger partial charge in [0.25, 0.3) is 0 Å². The molecule has 0 saturated heterocycles. The molecule has 0 aliphatic carbocycles. The molecule has 1 heterocycles. The van der Waals surface area contributed by atoms with Gasteiger partial charge in [0, 0.05) is 0 Å². The van der Waals surface area contributed by atoms with Crippen LogP contribution in [0.2, 0.25) is 0 Å². The zero-order chi connectivity index (χ0) is 17.8. The highest BCUT2D eigenvalue weighted by Gasteiger charge is 2.22. The van der Waals surface area contributed by atoms with Crippen molar-refractivity contribution in [3.05, 3.63) is 66.7 Å². The van der Waals surface area contributed by atoms with Gasteiger partial charge in [-0.25, -0.2) is 9.13 Å². The number of aliphatic hydroxyl groups is 1. The van der Waals surface area contributed by atoms with Crippen LogP contribution in [0, 0.1) is 6.92 Å². The van der Waals surface area contributed by atoms with Gasteiger partial charge in [0.15, 0.2) is 0 Å². The minimum absolute atomic E-state index is 0.205. The molecule has 1 aromatic heterocycles. The number of aromatic nitrogens is 2. The standard InChI is InChI=1S/C20H23N3O2/c1-3-12-22-18-6-4-5-7-19(18)23(20(22)21)13-16(24)14-25-17-10-8-15(2)9-11-17/h3-11,16,21,24H,1,12-14H2,2H3/p+1/t16-/m1/s1. The number of aryl methyl sites for hydroxylation is 1. The topological polar surface area (TPSA) is 64.3 Å². The number of nitrogen functional groups attached to an aromatic ring is 1. The number of aliphatic hydroxyl groups excluding tert-OH is 1. The number of hydrogen-bond donors (Lipinski definition) is 2. The Morgan fingerprint density at radius 1 is 1.24 bits per heavy atom. The van der Waals surface area contributed by atoms with Gasteiger partial charge in [0.1, 0.15) is 36.0 Å². The molecule has 0 saturated carbocycles. The van der Waals surface area contributed by atoms with Gasteiger partial charge in [-0.15, -0.1) is 0 Å². The van der Waals surface area contributed by atoms with Gasteiger partial charge >= 0.3 is 5.95 Å². The lowest BCUT2D eigenvalue weighted by atomic mass is 10.2. The molecule has 0 fully saturated rings. The van der Waals surface area contributed by atoms with Gasteiger partial charge in [0.2, 0.25) is 0 Å². The van der Waals surface area contributed by atoms with E-state index in [0.29, 0.717) is 19.0 Å². The number of nitrogens with zero attached hydrogens (tertiary/aromatic N) is 2. The zero-order valence-corrected chi connectivity index (χ0v) is 14.4. The Kier molecular flexibility index (Phi) is 5.05. The van der Waals surface area contributed by atoms with Gasteiger partial charge in [-0.3, -0.25) is 5.73 Å². The van der Waals surface area contributed by atoms with E-state index in [1.165, 1.54) is 5.56 Å². The Bertz CT molecular complexity index is 869. The molecule has 130 valence electrons. The van der Waals surface area contributed by atoms with Crippen LogP contribution in [-0.2, 0) is 13.1 Å². The highest BCUT2D eigenvalue weighted by Crippen LogP contribution is 2.16. The number of hydrogen-bond acceptors (Lipinski definition) is 3. The summed E-state index contributed by atoms with van der Waals surface area (Å²) in [6, 6.07) is 15.7. The van der Waals surface area contributed by atoms with E-state index in [2.05, 4.69) is 6.58 Å². The average Bonchev–Trinajstić information content (AvgIpc) is 2.88. The number of fused-ring (bicyclic) bond motifs is 1. The number of rotatable bonds is 7. The van der Waals surface area contributed by atoms with E-state index in [4.69, 9.17) is 10.5 Å². The number of para-hydroxylation sites is 2. The Hall–Kier alpha value is -2.79. The maximum Gasteiger partial charge on any atom is 0.356 e. The monoisotopic (exact) mass is 338 g/mol. The first-order valence-electron chi connectivity index (χ1n) is 8.35. The average molecular weight is 338 g/mol. The zero-order valence-electron chi connectivity index (χ0n) is 14.4. The summed E-state index contributed by atoms with van der Waals surface area (Å²) in [6.45, 7) is 7.00. The first kappa shape index (κ1) is 17.0. The Labute approximate surface area is 147 Å². The third-order valence-corrected chi connectivity index (χ3v) is 4.18.